The zero-order valence-corrected chi connectivity index (χ0v) is 14.0. The Morgan fingerprint density at radius 1 is 0.909 bits per heavy atom. The van der Waals surface area contributed by atoms with Gasteiger partial charge in [0.05, 0.1) is 11.2 Å². The molecule has 0 saturated carbocycles. The number of rotatable bonds is 3. The molecule has 7 nitrogen and oxygen atoms in total. The molecular formula is C13H18N2O5S2. The predicted octanol–water partition coefficient (Wildman–Crippen LogP) is -0.192. The smallest absolute Gasteiger partial charge is 0.253 e. The molecule has 0 unspecified atom stereocenters. The van der Waals surface area contributed by atoms with E-state index in [9.17, 15) is 21.6 Å². The highest BCUT2D eigenvalue weighted by Gasteiger charge is 2.26. The number of carbonyl (C=O) groups is 1. The van der Waals surface area contributed by atoms with E-state index in [1.165, 1.54) is 28.6 Å². The van der Waals surface area contributed by atoms with Crippen LogP contribution in [0.15, 0.2) is 29.2 Å². The van der Waals surface area contributed by atoms with Crippen molar-refractivity contribution in [3.63, 3.8) is 0 Å². The number of amides is 1. The summed E-state index contributed by atoms with van der Waals surface area (Å²) >= 11 is 0. The van der Waals surface area contributed by atoms with Crippen LogP contribution in [0.4, 0.5) is 0 Å². The molecule has 1 fully saturated rings. The second kappa shape index (κ2) is 5.98. The van der Waals surface area contributed by atoms with E-state index in [0.717, 1.165) is 12.5 Å². The van der Waals surface area contributed by atoms with Crippen LogP contribution >= 0.6 is 0 Å². The Bertz CT molecular complexity index is 761. The molecule has 0 radical (unpaired) electrons. The van der Waals surface area contributed by atoms with E-state index >= 15 is 0 Å². The van der Waals surface area contributed by atoms with Crippen molar-refractivity contribution in [2.24, 2.45) is 0 Å². The lowest BCUT2D eigenvalue weighted by molar-refractivity contribution is 0.0698. The molecule has 0 spiro atoms. The van der Waals surface area contributed by atoms with Crippen molar-refractivity contribution < 1.29 is 21.6 Å². The molecule has 0 bridgehead atoms. The minimum absolute atomic E-state index is 0.158. The van der Waals surface area contributed by atoms with Crippen LogP contribution in [-0.2, 0) is 19.9 Å². The fraction of sp³-hybridized carbons (Fsp3) is 0.462. The van der Waals surface area contributed by atoms with Gasteiger partial charge in [-0.05, 0) is 24.3 Å². The van der Waals surface area contributed by atoms with Gasteiger partial charge in [-0.3, -0.25) is 4.79 Å². The number of sulfone groups is 1. The van der Waals surface area contributed by atoms with Crippen LogP contribution < -0.4 is 0 Å². The molecule has 1 saturated heterocycles. The molecule has 0 atom stereocenters. The number of hydrogen-bond acceptors (Lipinski definition) is 5. The van der Waals surface area contributed by atoms with Gasteiger partial charge in [0, 0.05) is 38.0 Å². The van der Waals surface area contributed by atoms with Gasteiger partial charge in [-0.15, -0.1) is 0 Å². The second-order valence-electron chi connectivity index (χ2n) is 5.25. The summed E-state index contributed by atoms with van der Waals surface area (Å²) in [5.74, 6) is -0.229. The summed E-state index contributed by atoms with van der Waals surface area (Å²) in [6.07, 6.45) is 2.25. The quantitative estimate of drug-likeness (QED) is 0.756. The van der Waals surface area contributed by atoms with Crippen molar-refractivity contribution in [3.05, 3.63) is 29.8 Å². The molecule has 1 amide bonds. The molecule has 0 N–H and O–H groups in total. The summed E-state index contributed by atoms with van der Waals surface area (Å²) < 4.78 is 47.0. The first-order chi connectivity index (χ1) is 10.1. The molecule has 1 aromatic rings. The van der Waals surface area contributed by atoms with Crippen LogP contribution in [0.5, 0.6) is 0 Å². The SMILES string of the molecule is CS(=O)(=O)c1ccc(C(=O)N2CCN(S(C)(=O)=O)CC2)cc1. The van der Waals surface area contributed by atoms with Crippen LogP contribution in [0.25, 0.3) is 0 Å². The minimum Gasteiger partial charge on any atom is -0.336 e. The summed E-state index contributed by atoms with van der Waals surface area (Å²) in [5, 5.41) is 0. The van der Waals surface area contributed by atoms with Crippen molar-refractivity contribution in [2.45, 2.75) is 4.90 Å². The Morgan fingerprint density at radius 3 is 1.82 bits per heavy atom. The van der Waals surface area contributed by atoms with Gasteiger partial charge < -0.3 is 4.90 Å². The molecule has 0 aliphatic carbocycles. The Kier molecular flexibility index (Phi) is 4.59. The number of sulfonamides is 1. The lowest BCUT2D eigenvalue weighted by Crippen LogP contribution is -2.50. The highest BCUT2D eigenvalue weighted by Crippen LogP contribution is 2.14. The van der Waals surface area contributed by atoms with Gasteiger partial charge in [-0.25, -0.2) is 16.8 Å². The Morgan fingerprint density at radius 2 is 1.41 bits per heavy atom. The van der Waals surface area contributed by atoms with E-state index in [0.29, 0.717) is 18.7 Å². The Balaban J connectivity index is 2.07. The maximum absolute atomic E-state index is 12.3. The molecule has 1 heterocycles. The molecule has 22 heavy (non-hydrogen) atoms. The van der Waals surface area contributed by atoms with Gasteiger partial charge in [0.25, 0.3) is 5.91 Å². The zero-order valence-electron chi connectivity index (χ0n) is 12.4. The highest BCUT2D eigenvalue weighted by molar-refractivity contribution is 7.90. The van der Waals surface area contributed by atoms with Crippen molar-refractivity contribution in [1.82, 2.24) is 9.21 Å². The van der Waals surface area contributed by atoms with Gasteiger partial charge in [0.2, 0.25) is 10.0 Å². The van der Waals surface area contributed by atoms with E-state index in [-0.39, 0.29) is 23.9 Å². The molecule has 1 aromatic carbocycles. The third kappa shape index (κ3) is 3.84. The summed E-state index contributed by atoms with van der Waals surface area (Å²) in [6, 6.07) is 5.74. The summed E-state index contributed by atoms with van der Waals surface area (Å²) in [4.78, 5) is 14.1. The molecule has 1 aliphatic heterocycles. The Hall–Kier alpha value is -1.45. The standard InChI is InChI=1S/C13H18N2O5S2/c1-21(17,18)12-5-3-11(4-6-12)13(16)14-7-9-15(10-8-14)22(2,19)20/h3-6H,7-10H2,1-2H3. The van der Waals surface area contributed by atoms with E-state index in [1.54, 1.807) is 4.90 Å². The third-order valence-electron chi connectivity index (χ3n) is 3.52. The lowest BCUT2D eigenvalue weighted by Gasteiger charge is -2.33. The van der Waals surface area contributed by atoms with Crippen LogP contribution in [0.2, 0.25) is 0 Å². The van der Waals surface area contributed by atoms with E-state index in [2.05, 4.69) is 0 Å². The number of piperazine rings is 1. The van der Waals surface area contributed by atoms with Crippen LogP contribution in [0.1, 0.15) is 10.4 Å². The molecule has 9 heteroatoms. The Labute approximate surface area is 130 Å². The monoisotopic (exact) mass is 346 g/mol. The van der Waals surface area contributed by atoms with Gasteiger partial charge in [-0.2, -0.15) is 4.31 Å². The average Bonchev–Trinajstić information content (AvgIpc) is 2.45. The lowest BCUT2D eigenvalue weighted by atomic mass is 10.2. The largest absolute Gasteiger partial charge is 0.336 e. The summed E-state index contributed by atoms with van der Waals surface area (Å²) in [6.45, 7) is 1.18. The number of benzene rings is 1. The van der Waals surface area contributed by atoms with Gasteiger partial charge in [0.15, 0.2) is 9.84 Å². The number of carbonyl (C=O) groups excluding carboxylic acids is 1. The summed E-state index contributed by atoms with van der Waals surface area (Å²) in [7, 11) is -6.53. The molecule has 2 rings (SSSR count). The maximum atomic E-state index is 12.3. The van der Waals surface area contributed by atoms with Crippen LogP contribution in [0, 0.1) is 0 Å². The molecular weight excluding hydrogens is 328 g/mol. The van der Waals surface area contributed by atoms with Crippen LogP contribution in [0.3, 0.4) is 0 Å². The average molecular weight is 346 g/mol. The van der Waals surface area contributed by atoms with Crippen LogP contribution in [-0.4, -0.2) is 70.6 Å². The first kappa shape index (κ1) is 16.9. The van der Waals surface area contributed by atoms with Crippen molar-refractivity contribution in [2.75, 3.05) is 38.7 Å². The zero-order chi connectivity index (χ0) is 16.5. The molecule has 0 aromatic heterocycles. The number of nitrogens with zero attached hydrogens (tertiary/aromatic N) is 2. The number of hydrogen-bond donors (Lipinski definition) is 0. The predicted molar refractivity (Wildman–Crippen MR) is 81.9 cm³/mol. The summed E-state index contributed by atoms with van der Waals surface area (Å²) in [5.41, 5.74) is 0.389. The van der Waals surface area contributed by atoms with Gasteiger partial charge in [-0.1, -0.05) is 0 Å². The fourth-order valence-corrected chi connectivity index (χ4v) is 3.71. The van der Waals surface area contributed by atoms with E-state index < -0.39 is 19.9 Å². The first-order valence-corrected chi connectivity index (χ1v) is 10.4. The molecule has 122 valence electrons. The van der Waals surface area contributed by atoms with Crippen molar-refractivity contribution in [3.8, 4) is 0 Å². The van der Waals surface area contributed by atoms with Crippen molar-refractivity contribution >= 4 is 25.8 Å². The topological polar surface area (TPSA) is 91.8 Å². The molecule has 1 aliphatic rings. The second-order valence-corrected chi connectivity index (χ2v) is 9.25. The minimum atomic E-state index is -3.29. The maximum Gasteiger partial charge on any atom is 0.253 e. The van der Waals surface area contributed by atoms with Gasteiger partial charge in [0.1, 0.15) is 0 Å². The van der Waals surface area contributed by atoms with E-state index in [4.69, 9.17) is 0 Å². The fourth-order valence-electron chi connectivity index (χ4n) is 2.25. The first-order valence-electron chi connectivity index (χ1n) is 6.63. The third-order valence-corrected chi connectivity index (χ3v) is 5.96. The van der Waals surface area contributed by atoms with Gasteiger partial charge >= 0.3 is 0 Å². The van der Waals surface area contributed by atoms with E-state index in [1.807, 2.05) is 0 Å². The highest BCUT2D eigenvalue weighted by atomic mass is 32.2. The normalized spacial score (nSPS) is 17.5. The van der Waals surface area contributed by atoms with Crippen molar-refractivity contribution in [1.29, 1.82) is 0 Å².